The van der Waals surface area contributed by atoms with Gasteiger partial charge in [0.05, 0.1) is 6.04 Å². The van der Waals surface area contributed by atoms with Crippen LogP contribution in [-0.4, -0.2) is 34.9 Å². The van der Waals surface area contributed by atoms with Crippen LogP contribution in [0, 0.1) is 0 Å². The van der Waals surface area contributed by atoms with E-state index in [1.165, 1.54) is 4.90 Å². The first-order valence-corrected chi connectivity index (χ1v) is 9.34. The van der Waals surface area contributed by atoms with Gasteiger partial charge in [0, 0.05) is 25.0 Å². The van der Waals surface area contributed by atoms with Gasteiger partial charge in [-0.15, -0.1) is 0 Å². The highest BCUT2D eigenvalue weighted by molar-refractivity contribution is 6.11. The van der Waals surface area contributed by atoms with Crippen molar-refractivity contribution in [2.24, 2.45) is 0 Å². The van der Waals surface area contributed by atoms with Gasteiger partial charge in [0.2, 0.25) is 5.88 Å². The monoisotopic (exact) mass is 386 g/mol. The molecule has 0 saturated carbocycles. The maximum atomic E-state index is 13.3. The Morgan fingerprint density at radius 3 is 2.66 bits per heavy atom. The number of amides is 2. The second-order valence-corrected chi connectivity index (χ2v) is 7.10. The molecule has 4 heterocycles. The zero-order valence-electron chi connectivity index (χ0n) is 15.9. The Labute approximate surface area is 167 Å². The molecular formula is C22H18N4O3. The summed E-state index contributed by atoms with van der Waals surface area (Å²) in [5, 5.41) is 0. The Bertz CT molecular complexity index is 1130. The van der Waals surface area contributed by atoms with Gasteiger partial charge < -0.3 is 9.64 Å². The van der Waals surface area contributed by atoms with Gasteiger partial charge in [0.25, 0.3) is 11.8 Å². The molecule has 7 nitrogen and oxygen atoms in total. The molecule has 2 aromatic heterocycles. The Hall–Kier alpha value is -3.74. The second kappa shape index (κ2) is 6.41. The summed E-state index contributed by atoms with van der Waals surface area (Å²) in [5.41, 5.74) is 3.03. The molecule has 0 N–H and O–H groups in total. The summed E-state index contributed by atoms with van der Waals surface area (Å²) >= 11 is 0. The SMILES string of the molecule is CC1Oc2nc(N3C(=O)c4ccccc4C3c3cccnc3)ccc2N(C)C1=O. The number of fused-ring (bicyclic) bond motifs is 2. The van der Waals surface area contributed by atoms with E-state index in [-0.39, 0.29) is 17.9 Å². The lowest BCUT2D eigenvalue weighted by Gasteiger charge is -2.31. The second-order valence-electron chi connectivity index (χ2n) is 7.10. The van der Waals surface area contributed by atoms with Crippen molar-refractivity contribution in [3.05, 3.63) is 77.6 Å². The molecule has 2 unspecified atom stereocenters. The van der Waals surface area contributed by atoms with Gasteiger partial charge in [-0.2, -0.15) is 4.98 Å². The van der Waals surface area contributed by atoms with Crippen molar-refractivity contribution in [2.45, 2.75) is 19.1 Å². The van der Waals surface area contributed by atoms with E-state index in [1.54, 1.807) is 43.4 Å². The van der Waals surface area contributed by atoms with Crippen LogP contribution < -0.4 is 14.5 Å². The van der Waals surface area contributed by atoms with Crippen LogP contribution in [0.1, 0.15) is 34.5 Å². The maximum Gasteiger partial charge on any atom is 0.267 e. The lowest BCUT2D eigenvalue weighted by atomic mass is 9.99. The molecule has 0 bridgehead atoms. The summed E-state index contributed by atoms with van der Waals surface area (Å²) in [6, 6.07) is 14.5. The van der Waals surface area contributed by atoms with Crippen molar-refractivity contribution in [1.82, 2.24) is 9.97 Å². The summed E-state index contributed by atoms with van der Waals surface area (Å²) in [4.78, 5) is 37.5. The van der Waals surface area contributed by atoms with Crippen molar-refractivity contribution in [3.63, 3.8) is 0 Å². The minimum atomic E-state index is -0.629. The van der Waals surface area contributed by atoms with E-state index in [0.29, 0.717) is 22.9 Å². The predicted molar refractivity (Wildman–Crippen MR) is 107 cm³/mol. The van der Waals surface area contributed by atoms with Crippen LogP contribution in [0.4, 0.5) is 11.5 Å². The Morgan fingerprint density at radius 2 is 1.86 bits per heavy atom. The summed E-state index contributed by atoms with van der Waals surface area (Å²) in [6.07, 6.45) is 2.84. The highest BCUT2D eigenvalue weighted by Crippen LogP contribution is 2.42. The first kappa shape index (κ1) is 17.4. The topological polar surface area (TPSA) is 75.6 Å². The van der Waals surface area contributed by atoms with E-state index in [9.17, 15) is 9.59 Å². The number of anilines is 2. The first-order chi connectivity index (χ1) is 14.1. The lowest BCUT2D eigenvalue weighted by molar-refractivity contribution is -0.125. The van der Waals surface area contributed by atoms with Crippen LogP contribution in [0.2, 0.25) is 0 Å². The molecule has 0 saturated heterocycles. The predicted octanol–water partition coefficient (Wildman–Crippen LogP) is 2.97. The number of carbonyl (C=O) groups is 2. The number of rotatable bonds is 2. The van der Waals surface area contributed by atoms with E-state index in [1.807, 2.05) is 36.4 Å². The normalized spacial score (nSPS) is 20.3. The van der Waals surface area contributed by atoms with Crippen LogP contribution in [0.15, 0.2) is 60.9 Å². The number of nitrogens with zero attached hydrogens (tertiary/aromatic N) is 4. The molecule has 144 valence electrons. The molecule has 2 aliphatic heterocycles. The van der Waals surface area contributed by atoms with Crippen LogP contribution in [0.25, 0.3) is 0 Å². The molecule has 0 radical (unpaired) electrons. The third-order valence-electron chi connectivity index (χ3n) is 5.36. The summed E-state index contributed by atoms with van der Waals surface area (Å²) < 4.78 is 5.72. The summed E-state index contributed by atoms with van der Waals surface area (Å²) in [7, 11) is 1.69. The van der Waals surface area contributed by atoms with Crippen LogP contribution in [0.3, 0.4) is 0 Å². The quantitative estimate of drug-likeness (QED) is 0.677. The Balaban J connectivity index is 1.64. The summed E-state index contributed by atoms with van der Waals surface area (Å²) in [5.74, 6) is 0.541. The number of carbonyl (C=O) groups excluding carboxylic acids is 2. The minimum absolute atomic E-state index is 0.129. The van der Waals surface area contributed by atoms with Crippen LogP contribution >= 0.6 is 0 Å². The number of likely N-dealkylation sites (N-methyl/N-ethyl adjacent to an activating group) is 1. The average molecular weight is 386 g/mol. The van der Waals surface area contributed by atoms with E-state index < -0.39 is 6.10 Å². The zero-order valence-corrected chi connectivity index (χ0v) is 15.9. The maximum absolute atomic E-state index is 13.3. The van der Waals surface area contributed by atoms with Crippen molar-refractivity contribution in [2.75, 3.05) is 16.8 Å². The van der Waals surface area contributed by atoms with Crippen LogP contribution in [-0.2, 0) is 4.79 Å². The van der Waals surface area contributed by atoms with E-state index >= 15 is 0 Å². The smallest absolute Gasteiger partial charge is 0.267 e. The average Bonchev–Trinajstić information content (AvgIpc) is 3.05. The van der Waals surface area contributed by atoms with Crippen molar-refractivity contribution in [3.8, 4) is 5.88 Å². The largest absolute Gasteiger partial charge is 0.463 e. The zero-order chi connectivity index (χ0) is 20.1. The van der Waals surface area contributed by atoms with Gasteiger partial charge in [0.15, 0.2) is 6.10 Å². The molecule has 0 fully saturated rings. The molecule has 2 aliphatic rings. The van der Waals surface area contributed by atoms with Crippen LogP contribution in [0.5, 0.6) is 5.88 Å². The summed E-state index contributed by atoms with van der Waals surface area (Å²) in [6.45, 7) is 1.69. The third-order valence-corrected chi connectivity index (χ3v) is 5.36. The lowest BCUT2D eigenvalue weighted by Crippen LogP contribution is -2.42. The molecule has 0 aliphatic carbocycles. The molecule has 1 aromatic carbocycles. The number of hydrogen-bond donors (Lipinski definition) is 0. The number of ether oxygens (including phenoxy) is 1. The van der Waals surface area contributed by atoms with Gasteiger partial charge in [-0.05, 0) is 42.3 Å². The van der Waals surface area contributed by atoms with Crippen molar-refractivity contribution in [1.29, 1.82) is 0 Å². The molecule has 7 heteroatoms. The van der Waals surface area contributed by atoms with E-state index in [2.05, 4.69) is 9.97 Å². The van der Waals surface area contributed by atoms with Gasteiger partial charge in [-0.3, -0.25) is 19.5 Å². The van der Waals surface area contributed by atoms with Gasteiger partial charge in [-0.1, -0.05) is 24.3 Å². The number of aromatic nitrogens is 2. The van der Waals surface area contributed by atoms with Gasteiger partial charge in [0.1, 0.15) is 11.5 Å². The van der Waals surface area contributed by atoms with Crippen molar-refractivity contribution < 1.29 is 14.3 Å². The van der Waals surface area contributed by atoms with Crippen molar-refractivity contribution >= 4 is 23.3 Å². The number of hydrogen-bond acceptors (Lipinski definition) is 5. The minimum Gasteiger partial charge on any atom is -0.463 e. The van der Waals surface area contributed by atoms with Gasteiger partial charge >= 0.3 is 0 Å². The number of benzene rings is 1. The molecule has 29 heavy (non-hydrogen) atoms. The molecule has 3 aromatic rings. The standard InChI is InChI=1S/C22H18N4O3/c1-13-21(27)25(2)17-9-10-18(24-20(17)29-13)26-19(14-6-5-11-23-12-14)15-7-3-4-8-16(15)22(26)28/h3-13,19H,1-2H3. The molecule has 0 spiro atoms. The Morgan fingerprint density at radius 1 is 1.03 bits per heavy atom. The first-order valence-electron chi connectivity index (χ1n) is 9.34. The molecular weight excluding hydrogens is 368 g/mol. The highest BCUT2D eigenvalue weighted by atomic mass is 16.5. The fourth-order valence-corrected chi connectivity index (χ4v) is 3.93. The number of pyridine rings is 2. The van der Waals surface area contributed by atoms with Gasteiger partial charge in [-0.25, -0.2) is 0 Å². The van der Waals surface area contributed by atoms with E-state index in [0.717, 1.165) is 11.1 Å². The third kappa shape index (κ3) is 2.58. The Kier molecular flexibility index (Phi) is 3.84. The molecule has 2 atom stereocenters. The highest BCUT2D eigenvalue weighted by Gasteiger charge is 2.40. The fraction of sp³-hybridized carbons (Fsp3) is 0.182. The molecule has 2 amide bonds. The fourth-order valence-electron chi connectivity index (χ4n) is 3.93. The molecule has 5 rings (SSSR count). The van der Waals surface area contributed by atoms with E-state index in [4.69, 9.17) is 4.74 Å².